The topological polar surface area (TPSA) is 83.6 Å². The smallest absolute Gasteiger partial charge is 0.311 e. The van der Waals surface area contributed by atoms with Crippen LogP contribution in [0.5, 0.6) is 0 Å². The molecular formula is C16H30N2O3. The van der Waals surface area contributed by atoms with Crippen LogP contribution >= 0.6 is 0 Å². The summed E-state index contributed by atoms with van der Waals surface area (Å²) in [5.74, 6) is -0.679. The van der Waals surface area contributed by atoms with E-state index in [1.54, 1.807) is 4.90 Å². The Kier molecular flexibility index (Phi) is 5.79. The molecule has 1 heterocycles. The summed E-state index contributed by atoms with van der Waals surface area (Å²) in [6.45, 7) is 9.61. The normalized spacial score (nSPS) is 22.9. The van der Waals surface area contributed by atoms with Gasteiger partial charge in [0.1, 0.15) is 0 Å². The molecule has 0 aromatic carbocycles. The maximum atomic E-state index is 12.3. The highest BCUT2D eigenvalue weighted by molar-refractivity contribution is 5.80. The quantitative estimate of drug-likeness (QED) is 0.754. The Bertz CT molecular complexity index is 393. The van der Waals surface area contributed by atoms with Crippen molar-refractivity contribution in [3.05, 3.63) is 0 Å². The van der Waals surface area contributed by atoms with Crippen LogP contribution < -0.4 is 5.73 Å². The number of carbonyl (C=O) groups excluding carboxylic acids is 1. The lowest BCUT2D eigenvalue weighted by atomic mass is 9.76. The van der Waals surface area contributed by atoms with E-state index in [4.69, 9.17) is 5.73 Å². The van der Waals surface area contributed by atoms with Crippen LogP contribution in [-0.4, -0.2) is 41.5 Å². The molecule has 1 saturated heterocycles. The predicted octanol–water partition coefficient (Wildman–Crippen LogP) is 2.10. The van der Waals surface area contributed by atoms with Crippen LogP contribution in [0.3, 0.4) is 0 Å². The first-order valence-corrected chi connectivity index (χ1v) is 7.86. The van der Waals surface area contributed by atoms with E-state index in [1.807, 2.05) is 13.8 Å². The number of nitrogens with zero attached hydrogens (tertiary/aromatic N) is 1. The summed E-state index contributed by atoms with van der Waals surface area (Å²) < 4.78 is 0. The highest BCUT2D eigenvalue weighted by Gasteiger charge is 2.48. The molecule has 1 fully saturated rings. The van der Waals surface area contributed by atoms with Crippen LogP contribution in [0, 0.1) is 16.7 Å². The number of amides is 1. The molecule has 21 heavy (non-hydrogen) atoms. The lowest BCUT2D eigenvalue weighted by molar-refractivity contribution is -0.151. The van der Waals surface area contributed by atoms with Crippen LogP contribution in [0.4, 0.5) is 0 Å². The number of aliphatic carboxylic acids is 1. The molecule has 0 spiro atoms. The fraction of sp³-hybridized carbons (Fsp3) is 0.875. The number of carboxylic acid groups (broad SMARTS) is 1. The van der Waals surface area contributed by atoms with Gasteiger partial charge in [-0.2, -0.15) is 0 Å². The van der Waals surface area contributed by atoms with Crippen molar-refractivity contribution >= 4 is 11.9 Å². The van der Waals surface area contributed by atoms with Gasteiger partial charge in [-0.15, -0.1) is 0 Å². The summed E-state index contributed by atoms with van der Waals surface area (Å²) in [6.07, 6.45) is 2.71. The summed E-state index contributed by atoms with van der Waals surface area (Å²) in [7, 11) is 0. The number of carbonyl (C=O) groups is 2. The number of hydrogen-bond donors (Lipinski definition) is 2. The third-order valence-electron chi connectivity index (χ3n) is 5.02. The molecule has 1 amide bonds. The summed E-state index contributed by atoms with van der Waals surface area (Å²) >= 11 is 0. The fourth-order valence-electron chi connectivity index (χ4n) is 3.06. The van der Waals surface area contributed by atoms with E-state index in [0.717, 1.165) is 12.8 Å². The van der Waals surface area contributed by atoms with E-state index in [9.17, 15) is 14.7 Å². The highest BCUT2D eigenvalue weighted by atomic mass is 16.4. The molecule has 0 radical (unpaired) electrons. The zero-order valence-electron chi connectivity index (χ0n) is 13.8. The van der Waals surface area contributed by atoms with Crippen LogP contribution in [0.15, 0.2) is 0 Å². The standard InChI is InChI=1S/C16H30N2O3/c1-12(2)16(14(20)21)8-10-18(11-16)13(19)5-6-15(3,4)7-9-17/h12H,5-11,17H2,1-4H3,(H,20,21). The second-order valence-electron chi connectivity index (χ2n) is 7.38. The minimum atomic E-state index is -0.781. The third-order valence-corrected chi connectivity index (χ3v) is 5.02. The second-order valence-corrected chi connectivity index (χ2v) is 7.38. The van der Waals surface area contributed by atoms with Gasteiger partial charge in [0.05, 0.1) is 5.41 Å². The minimum absolute atomic E-state index is 0.0291. The van der Waals surface area contributed by atoms with Crippen molar-refractivity contribution in [3.8, 4) is 0 Å². The third kappa shape index (κ3) is 4.19. The van der Waals surface area contributed by atoms with Gasteiger partial charge >= 0.3 is 5.97 Å². The maximum Gasteiger partial charge on any atom is 0.311 e. The van der Waals surface area contributed by atoms with E-state index in [0.29, 0.717) is 32.5 Å². The van der Waals surface area contributed by atoms with Gasteiger partial charge in [0, 0.05) is 19.5 Å². The molecule has 0 saturated carbocycles. The first kappa shape index (κ1) is 18.0. The Morgan fingerprint density at radius 3 is 2.38 bits per heavy atom. The zero-order chi connectivity index (χ0) is 16.3. The average Bonchev–Trinajstić information content (AvgIpc) is 2.82. The van der Waals surface area contributed by atoms with Gasteiger partial charge in [-0.25, -0.2) is 0 Å². The molecule has 0 aromatic heterocycles. The minimum Gasteiger partial charge on any atom is -0.481 e. The number of hydrogen-bond acceptors (Lipinski definition) is 3. The Morgan fingerprint density at radius 2 is 1.95 bits per heavy atom. The zero-order valence-corrected chi connectivity index (χ0v) is 13.8. The number of nitrogens with two attached hydrogens (primary N) is 1. The molecule has 0 bridgehead atoms. The molecule has 0 aromatic rings. The molecule has 1 atom stereocenters. The van der Waals surface area contributed by atoms with Gasteiger partial charge in [-0.1, -0.05) is 27.7 Å². The molecule has 1 unspecified atom stereocenters. The molecule has 3 N–H and O–H groups in total. The van der Waals surface area contributed by atoms with Gasteiger partial charge in [0.25, 0.3) is 0 Å². The largest absolute Gasteiger partial charge is 0.481 e. The van der Waals surface area contributed by atoms with Crippen LogP contribution in [-0.2, 0) is 9.59 Å². The molecule has 5 nitrogen and oxygen atoms in total. The SMILES string of the molecule is CC(C)C1(C(=O)O)CCN(C(=O)CCC(C)(C)CCN)C1. The number of rotatable bonds is 7. The van der Waals surface area contributed by atoms with Crippen LogP contribution in [0.1, 0.15) is 53.4 Å². The summed E-state index contributed by atoms with van der Waals surface area (Å²) in [6, 6.07) is 0. The van der Waals surface area contributed by atoms with E-state index in [2.05, 4.69) is 13.8 Å². The van der Waals surface area contributed by atoms with Gasteiger partial charge < -0.3 is 15.7 Å². The van der Waals surface area contributed by atoms with Gasteiger partial charge in [-0.05, 0) is 37.1 Å². The molecule has 1 aliphatic heterocycles. The first-order chi connectivity index (χ1) is 9.64. The van der Waals surface area contributed by atoms with Crippen molar-refractivity contribution in [2.45, 2.75) is 53.4 Å². The van der Waals surface area contributed by atoms with Crippen molar-refractivity contribution in [1.29, 1.82) is 0 Å². The Morgan fingerprint density at radius 1 is 1.33 bits per heavy atom. The maximum absolute atomic E-state index is 12.3. The summed E-state index contributed by atoms with van der Waals surface area (Å²) in [4.78, 5) is 25.6. The van der Waals surface area contributed by atoms with Gasteiger partial charge in [0.2, 0.25) is 5.91 Å². The van der Waals surface area contributed by atoms with Gasteiger partial charge in [0.15, 0.2) is 0 Å². The average molecular weight is 298 g/mol. The summed E-state index contributed by atoms with van der Waals surface area (Å²) in [5.41, 5.74) is 4.87. The lowest BCUT2D eigenvalue weighted by Crippen LogP contribution is -2.40. The predicted molar refractivity (Wildman–Crippen MR) is 82.8 cm³/mol. The fourth-order valence-corrected chi connectivity index (χ4v) is 3.06. The Balaban J connectivity index is 2.60. The molecule has 1 aliphatic rings. The van der Waals surface area contributed by atoms with E-state index >= 15 is 0 Å². The summed E-state index contributed by atoms with van der Waals surface area (Å²) in [5, 5.41) is 9.51. The van der Waals surface area contributed by atoms with Crippen molar-refractivity contribution < 1.29 is 14.7 Å². The van der Waals surface area contributed by atoms with E-state index in [-0.39, 0.29) is 17.2 Å². The molecule has 122 valence electrons. The molecule has 5 heteroatoms. The van der Waals surface area contributed by atoms with E-state index in [1.165, 1.54) is 0 Å². The van der Waals surface area contributed by atoms with Crippen molar-refractivity contribution in [2.24, 2.45) is 22.5 Å². The van der Waals surface area contributed by atoms with Crippen LogP contribution in [0.25, 0.3) is 0 Å². The highest BCUT2D eigenvalue weighted by Crippen LogP contribution is 2.38. The van der Waals surface area contributed by atoms with Crippen LogP contribution in [0.2, 0.25) is 0 Å². The Labute approximate surface area is 127 Å². The second kappa shape index (κ2) is 6.77. The lowest BCUT2D eigenvalue weighted by Gasteiger charge is -2.29. The molecular weight excluding hydrogens is 268 g/mol. The number of carboxylic acids is 1. The van der Waals surface area contributed by atoms with Gasteiger partial charge in [-0.3, -0.25) is 9.59 Å². The molecule has 1 rings (SSSR count). The number of likely N-dealkylation sites (tertiary alicyclic amines) is 1. The van der Waals surface area contributed by atoms with Crippen molar-refractivity contribution in [3.63, 3.8) is 0 Å². The van der Waals surface area contributed by atoms with Crippen molar-refractivity contribution in [1.82, 2.24) is 4.90 Å². The Hall–Kier alpha value is -1.10. The monoisotopic (exact) mass is 298 g/mol. The molecule has 0 aliphatic carbocycles. The van der Waals surface area contributed by atoms with Crippen molar-refractivity contribution in [2.75, 3.05) is 19.6 Å². The van der Waals surface area contributed by atoms with E-state index < -0.39 is 11.4 Å². The first-order valence-electron chi connectivity index (χ1n) is 7.86.